The smallest absolute Gasteiger partial charge is 0.247 e. The highest BCUT2D eigenvalue weighted by atomic mass is 79.9. The Hall–Kier alpha value is -4.02. The van der Waals surface area contributed by atoms with Gasteiger partial charge in [-0.25, -0.2) is 4.39 Å². The van der Waals surface area contributed by atoms with E-state index in [4.69, 9.17) is 19.9 Å². The van der Waals surface area contributed by atoms with Crippen molar-refractivity contribution in [1.82, 2.24) is 4.98 Å². The van der Waals surface area contributed by atoms with Crippen molar-refractivity contribution in [3.8, 4) is 17.2 Å². The molecule has 2 N–H and O–H groups in total. The van der Waals surface area contributed by atoms with Gasteiger partial charge in [-0.3, -0.25) is 19.5 Å². The molecule has 39 heavy (non-hydrogen) atoms. The standard InChI is InChI=1S/C29H25BrFN3O5/c1-37-14-15-38-26-17-24-22(16-23(26)30)25(10-13-33-24)39-21-8-6-20(7-9-21)34(19-4-2-18(31)3-5-19)28(36)29(11-12-29)27(32)35/h2-10,13,16-17H,11-12,14-15H2,1H3,(H2,32,35). The number of anilines is 2. The molecule has 0 unspecified atom stereocenters. The monoisotopic (exact) mass is 593 g/mol. The Bertz CT molecular complexity index is 1520. The maximum Gasteiger partial charge on any atom is 0.247 e. The second-order valence-corrected chi connectivity index (χ2v) is 9.96. The zero-order valence-corrected chi connectivity index (χ0v) is 22.6. The fourth-order valence-electron chi connectivity index (χ4n) is 4.23. The zero-order chi connectivity index (χ0) is 27.6. The number of carbonyl (C=O) groups excluding carboxylic acids is 2. The van der Waals surface area contributed by atoms with Gasteiger partial charge in [-0.1, -0.05) is 0 Å². The summed E-state index contributed by atoms with van der Waals surface area (Å²) < 4.78 is 31.3. The minimum Gasteiger partial charge on any atom is -0.490 e. The number of ether oxygens (including phenoxy) is 3. The van der Waals surface area contributed by atoms with Gasteiger partial charge in [0.1, 0.15) is 35.1 Å². The lowest BCUT2D eigenvalue weighted by Crippen LogP contribution is -2.41. The van der Waals surface area contributed by atoms with Gasteiger partial charge in [-0.2, -0.15) is 0 Å². The highest BCUT2D eigenvalue weighted by molar-refractivity contribution is 9.10. The number of benzene rings is 3. The number of pyridine rings is 1. The van der Waals surface area contributed by atoms with Gasteiger partial charge in [0, 0.05) is 36.1 Å². The molecule has 4 aromatic rings. The molecular weight excluding hydrogens is 569 g/mol. The normalized spacial score (nSPS) is 13.6. The number of carbonyl (C=O) groups is 2. The molecule has 1 aliphatic carbocycles. The van der Waals surface area contributed by atoms with Crippen molar-refractivity contribution in [2.75, 3.05) is 25.2 Å². The summed E-state index contributed by atoms with van der Waals surface area (Å²) in [4.78, 5) is 31.4. The molecule has 0 bridgehead atoms. The van der Waals surface area contributed by atoms with E-state index >= 15 is 0 Å². The summed E-state index contributed by atoms with van der Waals surface area (Å²) in [7, 11) is 1.61. The van der Waals surface area contributed by atoms with Crippen LogP contribution in [0.25, 0.3) is 10.9 Å². The topological polar surface area (TPSA) is 104 Å². The van der Waals surface area contributed by atoms with Crippen LogP contribution in [0.1, 0.15) is 12.8 Å². The van der Waals surface area contributed by atoms with Gasteiger partial charge in [0.05, 0.1) is 16.6 Å². The SMILES string of the molecule is COCCOc1cc2nccc(Oc3ccc(N(C(=O)C4(C(N)=O)CC4)c4ccc(F)cc4)cc3)c2cc1Br. The summed E-state index contributed by atoms with van der Waals surface area (Å²) >= 11 is 3.54. The lowest BCUT2D eigenvalue weighted by molar-refractivity contribution is -0.133. The Morgan fingerprint density at radius 3 is 2.28 bits per heavy atom. The summed E-state index contributed by atoms with van der Waals surface area (Å²) in [6, 6.07) is 17.8. The van der Waals surface area contributed by atoms with Crippen LogP contribution in [0.2, 0.25) is 0 Å². The van der Waals surface area contributed by atoms with Crippen LogP contribution in [-0.4, -0.2) is 37.1 Å². The fourth-order valence-corrected chi connectivity index (χ4v) is 4.68. The van der Waals surface area contributed by atoms with Crippen molar-refractivity contribution in [3.05, 3.63) is 83.2 Å². The van der Waals surface area contributed by atoms with Gasteiger partial charge in [0.25, 0.3) is 0 Å². The van der Waals surface area contributed by atoms with E-state index in [1.165, 1.54) is 29.2 Å². The first-order valence-electron chi connectivity index (χ1n) is 12.2. The van der Waals surface area contributed by atoms with Gasteiger partial charge in [-0.15, -0.1) is 0 Å². The first-order chi connectivity index (χ1) is 18.8. The Labute approximate surface area is 232 Å². The van der Waals surface area contributed by atoms with E-state index in [0.29, 0.717) is 60.2 Å². The third-order valence-corrected chi connectivity index (χ3v) is 7.16. The number of aromatic nitrogens is 1. The van der Waals surface area contributed by atoms with Crippen molar-refractivity contribution in [1.29, 1.82) is 0 Å². The van der Waals surface area contributed by atoms with Crippen LogP contribution >= 0.6 is 15.9 Å². The van der Waals surface area contributed by atoms with Gasteiger partial charge < -0.3 is 19.9 Å². The van der Waals surface area contributed by atoms with Crippen LogP contribution in [-0.2, 0) is 14.3 Å². The maximum atomic E-state index is 13.6. The van der Waals surface area contributed by atoms with Gasteiger partial charge in [0.15, 0.2) is 0 Å². The Morgan fingerprint density at radius 1 is 1.00 bits per heavy atom. The van der Waals surface area contributed by atoms with E-state index in [0.717, 1.165) is 9.86 Å². The van der Waals surface area contributed by atoms with Crippen molar-refractivity contribution >= 4 is 50.0 Å². The molecule has 1 fully saturated rings. The van der Waals surface area contributed by atoms with Crippen LogP contribution in [0.5, 0.6) is 17.2 Å². The van der Waals surface area contributed by atoms with Gasteiger partial charge in [-0.05, 0) is 89.4 Å². The van der Waals surface area contributed by atoms with Crippen LogP contribution in [0.4, 0.5) is 15.8 Å². The molecule has 0 saturated heterocycles. The van der Waals surface area contributed by atoms with E-state index < -0.39 is 23.0 Å². The van der Waals surface area contributed by atoms with E-state index in [1.54, 1.807) is 43.6 Å². The molecule has 2 amide bonds. The average Bonchev–Trinajstić information content (AvgIpc) is 3.74. The van der Waals surface area contributed by atoms with Gasteiger partial charge >= 0.3 is 0 Å². The minimum atomic E-state index is -1.25. The Kier molecular flexibility index (Phi) is 7.49. The lowest BCUT2D eigenvalue weighted by atomic mass is 10.0. The van der Waals surface area contributed by atoms with E-state index in [9.17, 15) is 14.0 Å². The van der Waals surface area contributed by atoms with Crippen molar-refractivity contribution in [2.24, 2.45) is 11.1 Å². The van der Waals surface area contributed by atoms with Crippen molar-refractivity contribution in [3.63, 3.8) is 0 Å². The molecule has 200 valence electrons. The quantitative estimate of drug-likeness (QED) is 0.182. The molecule has 0 radical (unpaired) electrons. The first kappa shape index (κ1) is 26.6. The largest absolute Gasteiger partial charge is 0.490 e. The number of amides is 2. The first-order valence-corrected chi connectivity index (χ1v) is 13.0. The van der Waals surface area contributed by atoms with E-state index in [-0.39, 0.29) is 0 Å². The average molecular weight is 594 g/mol. The number of halogens is 2. The van der Waals surface area contributed by atoms with Crippen molar-refractivity contribution < 1.29 is 28.2 Å². The number of primary amides is 1. The van der Waals surface area contributed by atoms with Crippen LogP contribution in [0, 0.1) is 11.2 Å². The summed E-state index contributed by atoms with van der Waals surface area (Å²) in [5, 5.41) is 0.771. The number of hydrogen-bond donors (Lipinski definition) is 1. The molecule has 1 aromatic heterocycles. The molecule has 3 aromatic carbocycles. The van der Waals surface area contributed by atoms with Gasteiger partial charge in [0.2, 0.25) is 11.8 Å². The number of rotatable bonds is 10. The minimum absolute atomic E-state index is 0.379. The number of nitrogens with two attached hydrogens (primary N) is 1. The Morgan fingerprint density at radius 2 is 1.67 bits per heavy atom. The number of nitrogens with zero attached hydrogens (tertiary/aromatic N) is 2. The Balaban J connectivity index is 1.43. The molecule has 5 rings (SSSR count). The maximum absolute atomic E-state index is 13.6. The molecule has 8 nitrogen and oxygen atoms in total. The second kappa shape index (κ2) is 11.0. The zero-order valence-electron chi connectivity index (χ0n) is 21.0. The third-order valence-electron chi connectivity index (χ3n) is 6.54. The van der Waals surface area contributed by atoms with Crippen LogP contribution in [0.3, 0.4) is 0 Å². The van der Waals surface area contributed by atoms with Crippen LogP contribution in [0.15, 0.2) is 77.4 Å². The van der Waals surface area contributed by atoms with Crippen LogP contribution < -0.4 is 20.1 Å². The summed E-state index contributed by atoms with van der Waals surface area (Å²) in [6.45, 7) is 0.867. The highest BCUT2D eigenvalue weighted by Gasteiger charge is 2.57. The molecule has 1 aliphatic rings. The molecule has 1 saturated carbocycles. The predicted molar refractivity (Wildman–Crippen MR) is 148 cm³/mol. The molecule has 10 heteroatoms. The summed E-state index contributed by atoms with van der Waals surface area (Å²) in [5.74, 6) is 0.199. The molecule has 1 heterocycles. The van der Waals surface area contributed by atoms with Crippen molar-refractivity contribution in [2.45, 2.75) is 12.8 Å². The third kappa shape index (κ3) is 5.43. The summed E-state index contributed by atoms with van der Waals surface area (Å²) in [5.41, 5.74) is 5.93. The highest BCUT2D eigenvalue weighted by Crippen LogP contribution is 2.49. The molecule has 0 aliphatic heterocycles. The van der Waals surface area contributed by atoms with E-state index in [2.05, 4.69) is 20.9 Å². The summed E-state index contributed by atoms with van der Waals surface area (Å²) in [6.07, 6.45) is 2.40. The fraction of sp³-hybridized carbons (Fsp3) is 0.207. The second-order valence-electron chi connectivity index (χ2n) is 9.11. The number of fused-ring (bicyclic) bond motifs is 1. The van der Waals surface area contributed by atoms with E-state index in [1.807, 2.05) is 12.1 Å². The predicted octanol–water partition coefficient (Wildman–Crippen LogP) is 5.88. The lowest BCUT2D eigenvalue weighted by Gasteiger charge is -2.26. The number of hydrogen-bond acceptors (Lipinski definition) is 6. The molecule has 0 atom stereocenters. The molecule has 0 spiro atoms. The molecular formula is C29H25BrFN3O5. The number of methoxy groups -OCH3 is 1.